The first-order valence-electron chi connectivity index (χ1n) is 9.14. The van der Waals surface area contributed by atoms with Crippen LogP contribution >= 0.6 is 23.4 Å². The van der Waals surface area contributed by atoms with Gasteiger partial charge < -0.3 is 9.26 Å². The second-order valence-corrected chi connectivity index (χ2v) is 7.62. The van der Waals surface area contributed by atoms with E-state index in [1.54, 1.807) is 0 Å². The minimum Gasteiger partial charge on any atom is -0.494 e. The summed E-state index contributed by atoms with van der Waals surface area (Å²) in [5, 5.41) is 14.1. The van der Waals surface area contributed by atoms with Crippen LogP contribution in [-0.4, -0.2) is 26.5 Å². The molecule has 0 spiro atoms. The predicted molar refractivity (Wildman–Crippen MR) is 114 cm³/mol. The normalized spacial score (nSPS) is 11.0. The molecule has 0 atom stereocenters. The Morgan fingerprint density at radius 1 is 1.10 bits per heavy atom. The molecular weight excluding hydrogens is 408 g/mol. The van der Waals surface area contributed by atoms with E-state index in [2.05, 4.69) is 15.4 Å². The Kier molecular flexibility index (Phi) is 5.87. The minimum atomic E-state index is 0.596. The van der Waals surface area contributed by atoms with Gasteiger partial charge in [-0.3, -0.25) is 4.57 Å². The summed E-state index contributed by atoms with van der Waals surface area (Å²) in [6, 6.07) is 17.4. The van der Waals surface area contributed by atoms with E-state index in [0.29, 0.717) is 23.2 Å². The number of nitrogens with zero attached hydrogens (tertiary/aromatic N) is 4. The number of ether oxygens (including phenoxy) is 1. The van der Waals surface area contributed by atoms with E-state index in [1.165, 1.54) is 11.8 Å². The summed E-state index contributed by atoms with van der Waals surface area (Å²) < 4.78 is 12.9. The van der Waals surface area contributed by atoms with Crippen molar-refractivity contribution in [1.29, 1.82) is 0 Å². The van der Waals surface area contributed by atoms with E-state index in [4.69, 9.17) is 20.9 Å². The van der Waals surface area contributed by atoms with Crippen molar-refractivity contribution in [3.63, 3.8) is 0 Å². The van der Waals surface area contributed by atoms with Gasteiger partial charge in [0, 0.05) is 17.3 Å². The van der Waals surface area contributed by atoms with E-state index in [9.17, 15) is 0 Å². The molecule has 8 heteroatoms. The van der Waals surface area contributed by atoms with E-state index in [-0.39, 0.29) is 0 Å². The lowest BCUT2D eigenvalue weighted by Crippen LogP contribution is -2.00. The number of rotatable bonds is 7. The topological polar surface area (TPSA) is 66.0 Å². The molecule has 6 nitrogen and oxygen atoms in total. The molecule has 0 bridgehead atoms. The standard InChI is InChI=1S/C21H19ClN4O2S/c1-3-27-16-10-8-15(9-11-16)26-20(18-6-4-5-7-19(18)22)23-24-21(26)29-13-17-12-14(2)25-28-17/h4-12H,3,13H2,1-2H3. The van der Waals surface area contributed by atoms with E-state index in [1.807, 2.05) is 73.0 Å². The number of benzene rings is 2. The molecule has 0 radical (unpaired) electrons. The Morgan fingerprint density at radius 3 is 2.59 bits per heavy atom. The fourth-order valence-corrected chi connectivity index (χ4v) is 3.94. The van der Waals surface area contributed by atoms with Gasteiger partial charge >= 0.3 is 0 Å². The minimum absolute atomic E-state index is 0.596. The van der Waals surface area contributed by atoms with Crippen LogP contribution in [0.5, 0.6) is 5.75 Å². The first-order chi connectivity index (χ1) is 14.2. The zero-order valence-electron chi connectivity index (χ0n) is 16.0. The Labute approximate surface area is 177 Å². The van der Waals surface area contributed by atoms with Crippen molar-refractivity contribution in [2.24, 2.45) is 0 Å². The highest BCUT2D eigenvalue weighted by Gasteiger charge is 2.18. The average molecular weight is 427 g/mol. The second kappa shape index (κ2) is 8.71. The summed E-state index contributed by atoms with van der Waals surface area (Å²) in [5.41, 5.74) is 2.59. The maximum Gasteiger partial charge on any atom is 0.196 e. The van der Waals surface area contributed by atoms with Crippen LogP contribution in [-0.2, 0) is 5.75 Å². The highest BCUT2D eigenvalue weighted by molar-refractivity contribution is 7.98. The Bertz CT molecular complexity index is 1110. The number of hydrogen-bond acceptors (Lipinski definition) is 6. The van der Waals surface area contributed by atoms with E-state index < -0.39 is 0 Å². The lowest BCUT2D eigenvalue weighted by molar-refractivity contribution is 0.340. The summed E-state index contributed by atoms with van der Waals surface area (Å²) in [7, 11) is 0. The molecule has 2 aromatic carbocycles. The van der Waals surface area contributed by atoms with Gasteiger partial charge in [-0.15, -0.1) is 10.2 Å². The van der Waals surface area contributed by atoms with Crippen LogP contribution in [0, 0.1) is 6.92 Å². The van der Waals surface area contributed by atoms with Crippen LogP contribution < -0.4 is 4.74 Å². The molecule has 2 heterocycles. The maximum absolute atomic E-state index is 6.44. The number of aromatic nitrogens is 4. The SMILES string of the molecule is CCOc1ccc(-n2c(SCc3cc(C)no3)nnc2-c2ccccc2Cl)cc1. The second-order valence-electron chi connectivity index (χ2n) is 6.27. The van der Waals surface area contributed by atoms with Crippen molar-refractivity contribution in [1.82, 2.24) is 19.9 Å². The quantitative estimate of drug-likeness (QED) is 0.359. The third kappa shape index (κ3) is 4.31. The Balaban J connectivity index is 1.74. The highest BCUT2D eigenvalue weighted by atomic mass is 35.5. The molecule has 4 rings (SSSR count). The molecule has 4 aromatic rings. The molecular formula is C21H19ClN4O2S. The van der Waals surface area contributed by atoms with Crippen LogP contribution in [0.25, 0.3) is 17.1 Å². The molecule has 0 amide bonds. The highest BCUT2D eigenvalue weighted by Crippen LogP contribution is 2.33. The number of aryl methyl sites for hydroxylation is 1. The van der Waals surface area contributed by atoms with Crippen molar-refractivity contribution in [2.45, 2.75) is 24.8 Å². The average Bonchev–Trinajstić information content (AvgIpc) is 3.34. The first-order valence-corrected chi connectivity index (χ1v) is 10.5. The summed E-state index contributed by atoms with van der Waals surface area (Å²) >= 11 is 7.96. The van der Waals surface area contributed by atoms with E-state index >= 15 is 0 Å². The fraction of sp³-hybridized carbons (Fsp3) is 0.190. The van der Waals surface area contributed by atoms with Crippen LogP contribution in [0.4, 0.5) is 0 Å². The third-order valence-corrected chi connectivity index (χ3v) is 5.46. The van der Waals surface area contributed by atoms with Gasteiger partial charge in [0.25, 0.3) is 0 Å². The van der Waals surface area contributed by atoms with Crippen molar-refractivity contribution in [3.05, 3.63) is 71.1 Å². The van der Waals surface area contributed by atoms with Gasteiger partial charge in [0.1, 0.15) is 11.5 Å². The molecule has 0 aliphatic heterocycles. The lowest BCUT2D eigenvalue weighted by atomic mass is 10.2. The fourth-order valence-electron chi connectivity index (χ4n) is 2.89. The number of halogens is 1. The van der Waals surface area contributed by atoms with Gasteiger partial charge in [0.2, 0.25) is 0 Å². The van der Waals surface area contributed by atoms with Crippen molar-refractivity contribution < 1.29 is 9.26 Å². The molecule has 0 unspecified atom stereocenters. The summed E-state index contributed by atoms with van der Waals surface area (Å²) in [4.78, 5) is 0. The summed E-state index contributed by atoms with van der Waals surface area (Å²) in [5.74, 6) is 2.87. The largest absolute Gasteiger partial charge is 0.494 e. The number of thioether (sulfide) groups is 1. The van der Waals surface area contributed by atoms with Gasteiger partial charge in [0.05, 0.1) is 23.1 Å². The van der Waals surface area contributed by atoms with Crippen molar-refractivity contribution in [3.8, 4) is 22.8 Å². The Hall–Kier alpha value is -2.77. The molecule has 0 N–H and O–H groups in total. The smallest absolute Gasteiger partial charge is 0.196 e. The van der Waals surface area contributed by atoms with Gasteiger partial charge in [-0.1, -0.05) is 40.7 Å². The monoisotopic (exact) mass is 426 g/mol. The molecule has 2 aromatic heterocycles. The zero-order valence-corrected chi connectivity index (χ0v) is 17.6. The van der Waals surface area contributed by atoms with Gasteiger partial charge in [-0.2, -0.15) is 0 Å². The van der Waals surface area contributed by atoms with E-state index in [0.717, 1.165) is 33.6 Å². The summed E-state index contributed by atoms with van der Waals surface area (Å²) in [6.07, 6.45) is 0. The zero-order chi connectivity index (χ0) is 20.2. The van der Waals surface area contributed by atoms with Crippen molar-refractivity contribution in [2.75, 3.05) is 6.61 Å². The first kappa shape index (κ1) is 19.5. The summed E-state index contributed by atoms with van der Waals surface area (Å²) in [6.45, 7) is 4.48. The van der Waals surface area contributed by atoms with Gasteiger partial charge in [0.15, 0.2) is 11.0 Å². The Morgan fingerprint density at radius 2 is 1.90 bits per heavy atom. The van der Waals surface area contributed by atoms with Crippen LogP contribution in [0.1, 0.15) is 18.4 Å². The maximum atomic E-state index is 6.44. The number of hydrogen-bond donors (Lipinski definition) is 0. The van der Waals surface area contributed by atoms with Crippen molar-refractivity contribution >= 4 is 23.4 Å². The lowest BCUT2D eigenvalue weighted by Gasteiger charge is -2.12. The molecule has 0 fully saturated rings. The third-order valence-electron chi connectivity index (χ3n) is 4.17. The molecule has 29 heavy (non-hydrogen) atoms. The van der Waals surface area contributed by atoms with Crippen LogP contribution in [0.3, 0.4) is 0 Å². The van der Waals surface area contributed by atoms with Crippen LogP contribution in [0.2, 0.25) is 5.02 Å². The molecule has 148 valence electrons. The molecule has 0 aliphatic rings. The van der Waals surface area contributed by atoms with Crippen LogP contribution in [0.15, 0.2) is 64.3 Å². The molecule has 0 saturated carbocycles. The molecule has 0 aliphatic carbocycles. The van der Waals surface area contributed by atoms with Gasteiger partial charge in [-0.05, 0) is 50.2 Å². The predicted octanol–water partition coefficient (Wildman–Crippen LogP) is 5.58. The van der Waals surface area contributed by atoms with Gasteiger partial charge in [-0.25, -0.2) is 0 Å². The molecule has 0 saturated heterocycles.